The lowest BCUT2D eigenvalue weighted by Gasteiger charge is -2.17. The summed E-state index contributed by atoms with van der Waals surface area (Å²) in [5.41, 5.74) is 3.85. The highest BCUT2D eigenvalue weighted by Crippen LogP contribution is 2.20. The summed E-state index contributed by atoms with van der Waals surface area (Å²) in [6.07, 6.45) is 0. The zero-order chi connectivity index (χ0) is 16.9. The number of halogens is 1. The summed E-state index contributed by atoms with van der Waals surface area (Å²) in [7, 11) is 1.75. The van der Waals surface area contributed by atoms with Gasteiger partial charge in [-0.2, -0.15) is 0 Å². The average molecular weight is 319 g/mol. The fraction of sp³-hybridized carbons (Fsp3) is 0.0952. The molecule has 0 unspecified atom stereocenters. The SMILES string of the molecule is CN(Cc1ccc(-c2ccccc2)cc1)C(=O)c1ccc(F)cc1. The van der Waals surface area contributed by atoms with E-state index in [9.17, 15) is 9.18 Å². The number of nitrogens with zero attached hydrogens (tertiary/aromatic N) is 1. The maximum atomic E-state index is 13.0. The van der Waals surface area contributed by atoms with Gasteiger partial charge in [0, 0.05) is 19.2 Å². The molecule has 24 heavy (non-hydrogen) atoms. The predicted octanol–water partition coefficient (Wildman–Crippen LogP) is 4.76. The van der Waals surface area contributed by atoms with E-state index in [2.05, 4.69) is 24.3 Å². The van der Waals surface area contributed by atoms with Crippen LogP contribution < -0.4 is 0 Å². The Morgan fingerprint density at radius 3 is 2.04 bits per heavy atom. The third-order valence-electron chi connectivity index (χ3n) is 3.92. The molecule has 0 aliphatic carbocycles. The lowest BCUT2D eigenvalue weighted by Crippen LogP contribution is -2.26. The topological polar surface area (TPSA) is 20.3 Å². The first kappa shape index (κ1) is 15.9. The van der Waals surface area contributed by atoms with Crippen molar-refractivity contribution in [3.63, 3.8) is 0 Å². The number of hydrogen-bond donors (Lipinski definition) is 0. The van der Waals surface area contributed by atoms with Gasteiger partial charge in [-0.3, -0.25) is 4.79 Å². The molecule has 0 N–H and O–H groups in total. The Kier molecular flexibility index (Phi) is 4.71. The number of carbonyl (C=O) groups is 1. The Morgan fingerprint density at radius 2 is 1.42 bits per heavy atom. The summed E-state index contributed by atoms with van der Waals surface area (Å²) in [6.45, 7) is 0.505. The van der Waals surface area contributed by atoms with Crippen LogP contribution in [-0.2, 0) is 6.54 Å². The molecule has 3 aromatic rings. The Labute approximate surface area is 141 Å². The molecule has 0 bridgehead atoms. The van der Waals surface area contributed by atoms with Crippen molar-refractivity contribution in [2.24, 2.45) is 0 Å². The van der Waals surface area contributed by atoms with Gasteiger partial charge in [0.15, 0.2) is 0 Å². The first-order valence-electron chi connectivity index (χ1n) is 7.79. The van der Waals surface area contributed by atoms with Gasteiger partial charge in [0.05, 0.1) is 0 Å². The zero-order valence-corrected chi connectivity index (χ0v) is 13.4. The summed E-state index contributed by atoms with van der Waals surface area (Å²) in [5.74, 6) is -0.465. The largest absolute Gasteiger partial charge is 0.337 e. The van der Waals surface area contributed by atoms with Crippen molar-refractivity contribution in [3.05, 3.63) is 95.8 Å². The Morgan fingerprint density at radius 1 is 0.833 bits per heavy atom. The van der Waals surface area contributed by atoms with Crippen LogP contribution in [0, 0.1) is 5.82 Å². The van der Waals surface area contributed by atoms with Crippen LogP contribution in [0.3, 0.4) is 0 Å². The molecule has 0 atom stereocenters. The first-order valence-corrected chi connectivity index (χ1v) is 7.79. The minimum Gasteiger partial charge on any atom is -0.337 e. The third-order valence-corrected chi connectivity index (χ3v) is 3.92. The van der Waals surface area contributed by atoms with Crippen LogP contribution in [0.1, 0.15) is 15.9 Å². The minimum absolute atomic E-state index is 0.123. The molecule has 120 valence electrons. The second kappa shape index (κ2) is 7.09. The third kappa shape index (κ3) is 3.69. The number of amides is 1. The van der Waals surface area contributed by atoms with Gasteiger partial charge in [0.25, 0.3) is 5.91 Å². The molecule has 0 aliphatic heterocycles. The molecule has 0 saturated carbocycles. The summed E-state index contributed by atoms with van der Waals surface area (Å²) < 4.78 is 13.0. The number of rotatable bonds is 4. The van der Waals surface area contributed by atoms with Crippen molar-refractivity contribution >= 4 is 5.91 Å². The van der Waals surface area contributed by atoms with E-state index < -0.39 is 0 Å². The molecule has 3 aromatic carbocycles. The Hall–Kier alpha value is -2.94. The number of hydrogen-bond acceptors (Lipinski definition) is 1. The molecule has 3 rings (SSSR count). The summed E-state index contributed by atoms with van der Waals surface area (Å²) in [4.78, 5) is 14.0. The average Bonchev–Trinajstić information content (AvgIpc) is 2.63. The summed E-state index contributed by atoms with van der Waals surface area (Å²) in [6, 6.07) is 23.9. The first-order chi connectivity index (χ1) is 11.6. The van der Waals surface area contributed by atoms with Crippen molar-refractivity contribution in [2.75, 3.05) is 7.05 Å². The molecule has 0 aromatic heterocycles. The van der Waals surface area contributed by atoms with Crippen LogP contribution in [-0.4, -0.2) is 17.9 Å². The fourth-order valence-corrected chi connectivity index (χ4v) is 2.59. The van der Waals surface area contributed by atoms with Crippen molar-refractivity contribution in [2.45, 2.75) is 6.54 Å². The van der Waals surface area contributed by atoms with Gasteiger partial charge in [-0.15, -0.1) is 0 Å². The van der Waals surface area contributed by atoms with E-state index in [1.54, 1.807) is 11.9 Å². The van der Waals surface area contributed by atoms with E-state index >= 15 is 0 Å². The monoisotopic (exact) mass is 319 g/mol. The highest BCUT2D eigenvalue weighted by molar-refractivity contribution is 5.93. The van der Waals surface area contributed by atoms with Gasteiger partial charge in [0.1, 0.15) is 5.82 Å². The second-order valence-corrected chi connectivity index (χ2v) is 5.73. The van der Waals surface area contributed by atoms with Gasteiger partial charge >= 0.3 is 0 Å². The Balaban J connectivity index is 1.69. The molecule has 0 fully saturated rings. The van der Waals surface area contributed by atoms with Gasteiger partial charge in [-0.25, -0.2) is 4.39 Å². The van der Waals surface area contributed by atoms with Crippen molar-refractivity contribution < 1.29 is 9.18 Å². The van der Waals surface area contributed by atoms with Crippen LogP contribution in [0.25, 0.3) is 11.1 Å². The summed E-state index contributed by atoms with van der Waals surface area (Å²) in [5, 5.41) is 0. The Bertz CT molecular complexity index is 811. The van der Waals surface area contributed by atoms with Gasteiger partial charge in [0.2, 0.25) is 0 Å². The van der Waals surface area contributed by atoms with Crippen LogP contribution in [0.15, 0.2) is 78.9 Å². The van der Waals surface area contributed by atoms with Gasteiger partial charge in [-0.05, 0) is 41.0 Å². The van der Waals surface area contributed by atoms with Crippen molar-refractivity contribution in [1.29, 1.82) is 0 Å². The molecule has 1 amide bonds. The molecule has 3 heteroatoms. The van der Waals surface area contributed by atoms with E-state index in [-0.39, 0.29) is 11.7 Å². The maximum absolute atomic E-state index is 13.0. The minimum atomic E-state index is -0.342. The highest BCUT2D eigenvalue weighted by atomic mass is 19.1. The van der Waals surface area contributed by atoms with E-state index in [0.717, 1.165) is 11.1 Å². The molecule has 0 heterocycles. The van der Waals surface area contributed by atoms with E-state index in [1.165, 1.54) is 29.8 Å². The smallest absolute Gasteiger partial charge is 0.253 e. The molecular formula is C21H18FNO. The molecule has 0 aliphatic rings. The lowest BCUT2D eigenvalue weighted by molar-refractivity contribution is 0.0785. The second-order valence-electron chi connectivity index (χ2n) is 5.73. The fourth-order valence-electron chi connectivity index (χ4n) is 2.59. The molecule has 0 saturated heterocycles. The number of benzene rings is 3. The van der Waals surface area contributed by atoms with Crippen LogP contribution in [0.2, 0.25) is 0 Å². The molecule has 0 spiro atoms. The quantitative estimate of drug-likeness (QED) is 0.678. The van der Waals surface area contributed by atoms with Crippen LogP contribution in [0.5, 0.6) is 0 Å². The predicted molar refractivity (Wildman–Crippen MR) is 94.1 cm³/mol. The molecular weight excluding hydrogens is 301 g/mol. The van der Waals surface area contributed by atoms with Gasteiger partial charge < -0.3 is 4.90 Å². The molecule has 0 radical (unpaired) electrons. The van der Waals surface area contributed by atoms with E-state index in [1.807, 2.05) is 30.3 Å². The van der Waals surface area contributed by atoms with Crippen LogP contribution >= 0.6 is 0 Å². The maximum Gasteiger partial charge on any atom is 0.253 e. The number of carbonyl (C=O) groups excluding carboxylic acids is 1. The standard InChI is InChI=1S/C21H18FNO/c1-23(21(24)19-11-13-20(22)14-12-19)15-16-7-9-18(10-8-16)17-5-3-2-4-6-17/h2-14H,15H2,1H3. The zero-order valence-electron chi connectivity index (χ0n) is 13.4. The van der Waals surface area contributed by atoms with E-state index in [4.69, 9.17) is 0 Å². The lowest BCUT2D eigenvalue weighted by atomic mass is 10.0. The van der Waals surface area contributed by atoms with Crippen molar-refractivity contribution in [3.8, 4) is 11.1 Å². The molecule has 2 nitrogen and oxygen atoms in total. The van der Waals surface area contributed by atoms with Crippen LogP contribution in [0.4, 0.5) is 4.39 Å². The van der Waals surface area contributed by atoms with Gasteiger partial charge in [-0.1, -0.05) is 54.6 Å². The summed E-state index contributed by atoms with van der Waals surface area (Å²) >= 11 is 0. The van der Waals surface area contributed by atoms with Crippen molar-refractivity contribution in [1.82, 2.24) is 4.90 Å². The normalized spacial score (nSPS) is 10.4. The van der Waals surface area contributed by atoms with E-state index in [0.29, 0.717) is 12.1 Å². The highest BCUT2D eigenvalue weighted by Gasteiger charge is 2.12.